The summed E-state index contributed by atoms with van der Waals surface area (Å²) in [5.74, 6) is -1.99. The molecule has 0 saturated heterocycles. The highest BCUT2D eigenvalue weighted by Gasteiger charge is 2.21. The summed E-state index contributed by atoms with van der Waals surface area (Å²) in [6.45, 7) is 1.40. The van der Waals surface area contributed by atoms with E-state index in [1.165, 1.54) is 0 Å². The zero-order valence-electron chi connectivity index (χ0n) is 14.2. The Morgan fingerprint density at radius 1 is 1.00 bits per heavy atom. The molecule has 7 heteroatoms. The minimum absolute atomic E-state index is 0.389. The zero-order chi connectivity index (χ0) is 18.9. The molecule has 0 saturated carbocycles. The van der Waals surface area contributed by atoms with Crippen LogP contribution in [-0.2, 0) is 14.3 Å². The van der Waals surface area contributed by atoms with Gasteiger partial charge in [-0.2, -0.15) is 0 Å². The van der Waals surface area contributed by atoms with Crippen molar-refractivity contribution in [3.05, 3.63) is 70.2 Å². The number of hydrogen-bond donors (Lipinski definition) is 2. The van der Waals surface area contributed by atoms with Crippen molar-refractivity contribution >= 4 is 33.7 Å². The Hall–Kier alpha value is -2.67. The van der Waals surface area contributed by atoms with Crippen molar-refractivity contribution in [1.82, 2.24) is 10.9 Å². The van der Waals surface area contributed by atoms with Crippen LogP contribution < -0.4 is 10.9 Å². The molecule has 0 bridgehead atoms. The molecule has 0 aliphatic carbocycles. The maximum Gasteiger partial charge on any atom is 0.313 e. The van der Waals surface area contributed by atoms with Crippen LogP contribution in [0.5, 0.6) is 0 Å². The summed E-state index contributed by atoms with van der Waals surface area (Å²) in [6.07, 6.45) is 0.560. The van der Waals surface area contributed by atoms with Gasteiger partial charge in [-0.3, -0.25) is 25.2 Å². The van der Waals surface area contributed by atoms with Gasteiger partial charge in [0.1, 0.15) is 0 Å². The van der Waals surface area contributed by atoms with Gasteiger partial charge in [0.25, 0.3) is 11.8 Å². The van der Waals surface area contributed by atoms with E-state index in [1.54, 1.807) is 24.3 Å². The van der Waals surface area contributed by atoms with Gasteiger partial charge in [0.15, 0.2) is 6.61 Å². The Morgan fingerprint density at radius 3 is 2.27 bits per heavy atom. The Labute approximate surface area is 160 Å². The van der Waals surface area contributed by atoms with Crippen molar-refractivity contribution in [1.29, 1.82) is 0 Å². The van der Waals surface area contributed by atoms with Gasteiger partial charge in [-0.15, -0.1) is 0 Å². The smallest absolute Gasteiger partial charge is 0.313 e. The number of ether oxygens (including phenoxy) is 1. The van der Waals surface area contributed by atoms with Gasteiger partial charge < -0.3 is 4.74 Å². The molecule has 0 heterocycles. The molecule has 6 nitrogen and oxygen atoms in total. The van der Waals surface area contributed by atoms with Crippen LogP contribution in [0.25, 0.3) is 0 Å². The van der Waals surface area contributed by atoms with Gasteiger partial charge in [-0.25, -0.2) is 0 Å². The van der Waals surface area contributed by atoms with E-state index in [-0.39, 0.29) is 0 Å². The van der Waals surface area contributed by atoms with E-state index in [0.29, 0.717) is 12.0 Å². The molecule has 0 aliphatic rings. The fraction of sp³-hybridized carbons (Fsp3) is 0.211. The number of hydrogen-bond acceptors (Lipinski definition) is 4. The Morgan fingerprint density at radius 2 is 1.65 bits per heavy atom. The van der Waals surface area contributed by atoms with Gasteiger partial charge in [0.2, 0.25) is 0 Å². The number of benzene rings is 2. The number of nitrogens with one attached hydrogen (secondary N) is 2. The second kappa shape index (κ2) is 9.72. The molecule has 0 radical (unpaired) electrons. The van der Waals surface area contributed by atoms with E-state index in [1.807, 2.05) is 37.3 Å². The minimum Gasteiger partial charge on any atom is -0.455 e. The molecular formula is C19H19BrN2O4. The van der Waals surface area contributed by atoms with Crippen molar-refractivity contribution in [2.75, 3.05) is 6.61 Å². The van der Waals surface area contributed by atoms with E-state index < -0.39 is 30.3 Å². The predicted molar refractivity (Wildman–Crippen MR) is 100 cm³/mol. The van der Waals surface area contributed by atoms with Crippen molar-refractivity contribution in [2.24, 2.45) is 0 Å². The summed E-state index contributed by atoms with van der Waals surface area (Å²) in [4.78, 5) is 35.8. The van der Waals surface area contributed by atoms with Crippen LogP contribution >= 0.6 is 15.9 Å². The standard InChI is InChI=1S/C19H19BrN2O4/c1-2-16(13-6-4-3-5-7-13)19(25)26-12-17(23)21-22-18(24)14-8-10-15(20)11-9-14/h3-11,16H,2,12H2,1H3,(H,21,23)(H,22,24). The molecule has 2 aromatic carbocycles. The van der Waals surface area contributed by atoms with E-state index in [0.717, 1.165) is 10.0 Å². The second-order valence-electron chi connectivity index (χ2n) is 5.49. The molecule has 26 heavy (non-hydrogen) atoms. The fourth-order valence-corrected chi connectivity index (χ4v) is 2.56. The third kappa shape index (κ3) is 5.70. The first-order valence-corrected chi connectivity index (χ1v) is 8.87. The zero-order valence-corrected chi connectivity index (χ0v) is 15.8. The second-order valence-corrected chi connectivity index (χ2v) is 6.40. The summed E-state index contributed by atoms with van der Waals surface area (Å²) in [7, 11) is 0. The van der Waals surface area contributed by atoms with E-state index in [4.69, 9.17) is 4.74 Å². The van der Waals surface area contributed by atoms with Gasteiger partial charge in [-0.05, 0) is 36.2 Å². The maximum atomic E-state index is 12.2. The largest absolute Gasteiger partial charge is 0.455 e. The molecule has 1 atom stereocenters. The number of rotatable bonds is 6. The highest BCUT2D eigenvalue weighted by atomic mass is 79.9. The molecule has 136 valence electrons. The third-order valence-corrected chi connectivity index (χ3v) is 4.19. The molecule has 0 fully saturated rings. The Bertz CT molecular complexity index is 763. The lowest BCUT2D eigenvalue weighted by Crippen LogP contribution is -2.43. The van der Waals surface area contributed by atoms with Gasteiger partial charge in [0, 0.05) is 10.0 Å². The van der Waals surface area contributed by atoms with Gasteiger partial charge >= 0.3 is 5.97 Å². The monoisotopic (exact) mass is 418 g/mol. The number of amides is 2. The molecule has 0 spiro atoms. The normalized spacial score (nSPS) is 11.3. The molecule has 2 amide bonds. The first-order valence-electron chi connectivity index (χ1n) is 8.07. The molecule has 1 unspecified atom stereocenters. The van der Waals surface area contributed by atoms with Crippen LogP contribution in [0.3, 0.4) is 0 Å². The highest BCUT2D eigenvalue weighted by molar-refractivity contribution is 9.10. The number of halogens is 1. The van der Waals surface area contributed by atoms with Crippen molar-refractivity contribution in [3.63, 3.8) is 0 Å². The van der Waals surface area contributed by atoms with Crippen molar-refractivity contribution in [2.45, 2.75) is 19.3 Å². The lowest BCUT2D eigenvalue weighted by molar-refractivity contribution is -0.150. The van der Waals surface area contributed by atoms with Gasteiger partial charge in [0.05, 0.1) is 5.92 Å². The maximum absolute atomic E-state index is 12.2. The molecular weight excluding hydrogens is 400 g/mol. The van der Waals surface area contributed by atoms with Crippen LogP contribution in [-0.4, -0.2) is 24.4 Å². The molecule has 2 rings (SSSR count). The average molecular weight is 419 g/mol. The predicted octanol–water partition coefficient (Wildman–Crippen LogP) is 2.95. The van der Waals surface area contributed by atoms with Crippen LogP contribution in [0.2, 0.25) is 0 Å². The first kappa shape index (κ1) is 19.7. The molecule has 0 aromatic heterocycles. The summed E-state index contributed by atoms with van der Waals surface area (Å²) in [5.41, 5.74) is 5.72. The number of esters is 1. The number of hydrazine groups is 1. The molecule has 2 aromatic rings. The summed E-state index contributed by atoms with van der Waals surface area (Å²) in [5, 5.41) is 0. The van der Waals surface area contributed by atoms with E-state index in [2.05, 4.69) is 26.8 Å². The van der Waals surface area contributed by atoms with Gasteiger partial charge in [-0.1, -0.05) is 53.2 Å². The van der Waals surface area contributed by atoms with Crippen LogP contribution in [0.15, 0.2) is 59.1 Å². The summed E-state index contributed by atoms with van der Waals surface area (Å²) < 4.78 is 5.90. The fourth-order valence-electron chi connectivity index (χ4n) is 2.30. The first-order chi connectivity index (χ1) is 12.5. The van der Waals surface area contributed by atoms with E-state index >= 15 is 0 Å². The Kier molecular flexibility index (Phi) is 7.35. The summed E-state index contributed by atoms with van der Waals surface area (Å²) in [6, 6.07) is 15.9. The van der Waals surface area contributed by atoms with Crippen molar-refractivity contribution < 1.29 is 19.1 Å². The third-order valence-electron chi connectivity index (χ3n) is 3.66. The highest BCUT2D eigenvalue weighted by Crippen LogP contribution is 2.20. The van der Waals surface area contributed by atoms with Crippen LogP contribution in [0.1, 0.15) is 35.2 Å². The van der Waals surface area contributed by atoms with E-state index in [9.17, 15) is 14.4 Å². The lowest BCUT2D eigenvalue weighted by atomic mass is 9.97. The topological polar surface area (TPSA) is 84.5 Å². The number of carbonyl (C=O) groups excluding carboxylic acids is 3. The average Bonchev–Trinajstić information content (AvgIpc) is 2.66. The molecule has 2 N–H and O–H groups in total. The quantitative estimate of drug-likeness (QED) is 0.557. The van der Waals surface area contributed by atoms with Crippen LogP contribution in [0.4, 0.5) is 0 Å². The minimum atomic E-state index is -0.619. The summed E-state index contributed by atoms with van der Waals surface area (Å²) >= 11 is 3.28. The lowest BCUT2D eigenvalue weighted by Gasteiger charge is -2.14. The number of carbonyl (C=O) groups is 3. The van der Waals surface area contributed by atoms with Crippen molar-refractivity contribution in [3.8, 4) is 0 Å². The molecule has 0 aliphatic heterocycles. The Balaban J connectivity index is 1.79. The SMILES string of the molecule is CCC(C(=O)OCC(=O)NNC(=O)c1ccc(Br)cc1)c1ccccc1. The van der Waals surface area contributed by atoms with Crippen LogP contribution in [0, 0.1) is 0 Å².